The van der Waals surface area contributed by atoms with E-state index in [0.29, 0.717) is 12.1 Å². The lowest BCUT2D eigenvalue weighted by atomic mass is 10.1. The molecule has 21 heavy (non-hydrogen) atoms. The lowest BCUT2D eigenvalue weighted by Crippen LogP contribution is -2.42. The molecule has 0 spiro atoms. The molecule has 0 amide bonds. The van der Waals surface area contributed by atoms with Crippen molar-refractivity contribution in [3.8, 4) is 0 Å². The third-order valence-corrected chi connectivity index (χ3v) is 5.54. The van der Waals surface area contributed by atoms with Crippen LogP contribution in [0.2, 0.25) is 0 Å². The van der Waals surface area contributed by atoms with Gasteiger partial charge in [-0.1, -0.05) is 0 Å². The van der Waals surface area contributed by atoms with E-state index < -0.39 is 0 Å². The van der Waals surface area contributed by atoms with Crippen molar-refractivity contribution in [2.75, 3.05) is 18.0 Å². The van der Waals surface area contributed by atoms with Gasteiger partial charge in [0.1, 0.15) is 17.0 Å². The summed E-state index contributed by atoms with van der Waals surface area (Å²) in [5, 5.41) is 4.84. The minimum atomic E-state index is 0.435. The smallest absolute Gasteiger partial charge is 0.141 e. The van der Waals surface area contributed by atoms with E-state index in [0.717, 1.165) is 23.7 Å². The van der Waals surface area contributed by atoms with E-state index in [4.69, 9.17) is 0 Å². The number of rotatable bonds is 4. The van der Waals surface area contributed by atoms with Crippen LogP contribution in [0, 0.1) is 13.8 Å². The monoisotopic (exact) mass is 304 g/mol. The first-order chi connectivity index (χ1) is 10.1. The van der Waals surface area contributed by atoms with Gasteiger partial charge in [0.25, 0.3) is 0 Å². The van der Waals surface area contributed by atoms with Crippen molar-refractivity contribution in [1.82, 2.24) is 15.3 Å². The van der Waals surface area contributed by atoms with Crippen molar-refractivity contribution in [3.63, 3.8) is 0 Å². The molecule has 1 aliphatic heterocycles. The second kappa shape index (κ2) is 5.89. The number of anilines is 1. The molecule has 114 valence electrons. The second-order valence-corrected chi connectivity index (χ2v) is 7.40. The normalized spacial score (nSPS) is 18.8. The quantitative estimate of drug-likeness (QED) is 0.941. The van der Waals surface area contributed by atoms with E-state index in [-0.39, 0.29) is 0 Å². The van der Waals surface area contributed by atoms with E-state index in [2.05, 4.69) is 47.9 Å². The maximum absolute atomic E-state index is 4.64. The van der Waals surface area contributed by atoms with Crippen molar-refractivity contribution in [1.29, 1.82) is 0 Å². The van der Waals surface area contributed by atoms with Crippen LogP contribution in [-0.2, 0) is 0 Å². The van der Waals surface area contributed by atoms with Crippen LogP contribution in [0.5, 0.6) is 0 Å². The summed E-state index contributed by atoms with van der Waals surface area (Å²) >= 11 is 1.77. The van der Waals surface area contributed by atoms with Crippen LogP contribution in [0.3, 0.4) is 0 Å². The summed E-state index contributed by atoms with van der Waals surface area (Å²) in [5.74, 6) is 1.10. The van der Waals surface area contributed by atoms with Crippen molar-refractivity contribution >= 4 is 27.4 Å². The molecule has 5 heteroatoms. The molecule has 0 saturated carbocycles. The Kier molecular flexibility index (Phi) is 4.13. The van der Waals surface area contributed by atoms with Crippen LogP contribution in [-0.4, -0.2) is 35.1 Å². The number of nitrogens with one attached hydrogen (secondary N) is 1. The number of fused-ring (bicyclic) bond motifs is 1. The van der Waals surface area contributed by atoms with E-state index >= 15 is 0 Å². The zero-order valence-electron chi connectivity index (χ0n) is 13.3. The molecule has 1 aliphatic rings. The number of thiophene rings is 1. The highest BCUT2D eigenvalue weighted by Gasteiger charge is 2.23. The molecule has 1 fully saturated rings. The molecule has 0 aliphatic carbocycles. The molecule has 1 saturated heterocycles. The average molecular weight is 304 g/mol. The van der Waals surface area contributed by atoms with Crippen LogP contribution < -0.4 is 10.2 Å². The summed E-state index contributed by atoms with van der Waals surface area (Å²) in [4.78, 5) is 14.0. The van der Waals surface area contributed by atoms with Crippen LogP contribution in [0.4, 0.5) is 5.82 Å². The summed E-state index contributed by atoms with van der Waals surface area (Å²) < 4.78 is 0. The lowest BCUT2D eigenvalue weighted by Gasteiger charge is -2.31. The summed E-state index contributed by atoms with van der Waals surface area (Å²) in [6.45, 7) is 11.0. The topological polar surface area (TPSA) is 41.1 Å². The van der Waals surface area contributed by atoms with Crippen LogP contribution in [0.1, 0.15) is 37.1 Å². The first-order valence-electron chi connectivity index (χ1n) is 7.78. The standard InChI is InChI=1S/C16H24N4S/c1-10(2)20(8-13-6-5-7-17-13)15-14-11(3)12(4)21-16(14)19-9-18-15/h9-10,13,17H,5-8H2,1-4H3. The van der Waals surface area contributed by atoms with Crippen LogP contribution in [0.25, 0.3) is 10.2 Å². The average Bonchev–Trinajstić information content (AvgIpc) is 3.05. The first kappa shape index (κ1) is 14.7. The molecule has 2 aromatic heterocycles. The van der Waals surface area contributed by atoms with Gasteiger partial charge in [-0.3, -0.25) is 0 Å². The number of aromatic nitrogens is 2. The van der Waals surface area contributed by atoms with Gasteiger partial charge in [0.2, 0.25) is 0 Å². The Morgan fingerprint density at radius 2 is 2.19 bits per heavy atom. The lowest BCUT2D eigenvalue weighted by molar-refractivity contribution is 0.550. The van der Waals surface area contributed by atoms with Gasteiger partial charge >= 0.3 is 0 Å². The minimum Gasteiger partial charge on any atom is -0.352 e. The summed E-state index contributed by atoms with van der Waals surface area (Å²) in [6, 6.07) is 1.02. The van der Waals surface area contributed by atoms with Crippen LogP contribution >= 0.6 is 11.3 Å². The van der Waals surface area contributed by atoms with Gasteiger partial charge in [-0.25, -0.2) is 9.97 Å². The first-order valence-corrected chi connectivity index (χ1v) is 8.60. The minimum absolute atomic E-state index is 0.435. The molecule has 2 aromatic rings. The molecule has 1 unspecified atom stereocenters. The van der Waals surface area contributed by atoms with Crippen molar-refractivity contribution in [3.05, 3.63) is 16.8 Å². The van der Waals surface area contributed by atoms with Crippen LogP contribution in [0.15, 0.2) is 6.33 Å². The third-order valence-electron chi connectivity index (χ3n) is 4.42. The Morgan fingerprint density at radius 3 is 2.86 bits per heavy atom. The molecular formula is C16H24N4S. The summed E-state index contributed by atoms with van der Waals surface area (Å²) in [7, 11) is 0. The molecular weight excluding hydrogens is 280 g/mol. The molecule has 0 bridgehead atoms. The largest absolute Gasteiger partial charge is 0.352 e. The third kappa shape index (κ3) is 2.77. The molecule has 1 atom stereocenters. The molecule has 3 rings (SSSR count). The van der Waals surface area contributed by atoms with Gasteiger partial charge in [0.05, 0.1) is 5.39 Å². The maximum Gasteiger partial charge on any atom is 0.141 e. The summed E-state index contributed by atoms with van der Waals surface area (Å²) in [5.41, 5.74) is 1.33. The SMILES string of the molecule is Cc1sc2ncnc(N(CC3CCCN3)C(C)C)c2c1C. The molecule has 4 nitrogen and oxygen atoms in total. The van der Waals surface area contributed by atoms with Gasteiger partial charge in [-0.2, -0.15) is 0 Å². The molecule has 1 N–H and O–H groups in total. The fraction of sp³-hybridized carbons (Fsp3) is 0.625. The summed E-state index contributed by atoms with van der Waals surface area (Å²) in [6.07, 6.45) is 4.26. The van der Waals surface area contributed by atoms with Gasteiger partial charge in [0.15, 0.2) is 0 Å². The number of hydrogen-bond donors (Lipinski definition) is 1. The predicted octanol–water partition coefficient (Wildman–Crippen LogP) is 3.27. The van der Waals surface area contributed by atoms with Gasteiger partial charge in [-0.15, -0.1) is 11.3 Å². The predicted molar refractivity (Wildman–Crippen MR) is 90.4 cm³/mol. The Hall–Kier alpha value is -1.20. The van der Waals surface area contributed by atoms with E-state index in [1.54, 1.807) is 17.7 Å². The number of hydrogen-bond acceptors (Lipinski definition) is 5. The molecule has 0 radical (unpaired) electrons. The van der Waals surface area contributed by atoms with Gasteiger partial charge in [0, 0.05) is 23.5 Å². The fourth-order valence-corrected chi connectivity index (χ4v) is 4.06. The van der Waals surface area contributed by atoms with E-state index in [1.165, 1.54) is 28.7 Å². The molecule has 3 heterocycles. The van der Waals surface area contributed by atoms with Crippen molar-refractivity contribution in [2.24, 2.45) is 0 Å². The van der Waals surface area contributed by atoms with Crippen molar-refractivity contribution in [2.45, 2.75) is 52.6 Å². The highest BCUT2D eigenvalue weighted by molar-refractivity contribution is 7.18. The fourth-order valence-electron chi connectivity index (χ4n) is 3.07. The highest BCUT2D eigenvalue weighted by Crippen LogP contribution is 2.35. The Balaban J connectivity index is 2.02. The van der Waals surface area contributed by atoms with E-state index in [9.17, 15) is 0 Å². The van der Waals surface area contributed by atoms with Crippen molar-refractivity contribution < 1.29 is 0 Å². The highest BCUT2D eigenvalue weighted by atomic mass is 32.1. The Labute approximate surface area is 130 Å². The zero-order valence-corrected chi connectivity index (χ0v) is 14.1. The zero-order chi connectivity index (χ0) is 15.0. The van der Waals surface area contributed by atoms with Gasteiger partial charge in [-0.05, 0) is 52.6 Å². The Bertz CT molecular complexity index is 628. The number of nitrogens with zero attached hydrogens (tertiary/aromatic N) is 3. The van der Waals surface area contributed by atoms with Gasteiger partial charge < -0.3 is 10.2 Å². The van der Waals surface area contributed by atoms with E-state index in [1.807, 2.05) is 0 Å². The second-order valence-electron chi connectivity index (χ2n) is 6.20. The number of aryl methyl sites for hydroxylation is 2. The molecule has 0 aromatic carbocycles. The maximum atomic E-state index is 4.64. The Morgan fingerprint density at radius 1 is 1.38 bits per heavy atom.